The highest BCUT2D eigenvalue weighted by molar-refractivity contribution is 8.00. The van der Waals surface area contributed by atoms with Crippen molar-refractivity contribution in [2.75, 3.05) is 44.1 Å². The second-order valence-electron chi connectivity index (χ2n) is 7.79. The Bertz CT molecular complexity index is 789. The van der Waals surface area contributed by atoms with Gasteiger partial charge in [0.1, 0.15) is 0 Å². The summed E-state index contributed by atoms with van der Waals surface area (Å²) in [6, 6.07) is 0. The predicted molar refractivity (Wildman–Crippen MR) is 144 cm³/mol. The molecular formula is C22H36BN5O7S2. The molecule has 6 amide bonds. The third kappa shape index (κ3) is 17.5. The Morgan fingerprint density at radius 1 is 1.00 bits per heavy atom. The number of imide groups is 1. The van der Waals surface area contributed by atoms with Gasteiger partial charge >= 0.3 is 0 Å². The van der Waals surface area contributed by atoms with Crippen LogP contribution in [0.1, 0.15) is 45.4 Å². The Hall–Kier alpha value is -2.55. The van der Waals surface area contributed by atoms with Crippen LogP contribution < -0.4 is 21.3 Å². The highest BCUT2D eigenvalue weighted by Gasteiger charge is 2.37. The van der Waals surface area contributed by atoms with Crippen LogP contribution in [0.25, 0.3) is 0 Å². The van der Waals surface area contributed by atoms with Gasteiger partial charge in [-0.05, 0) is 37.7 Å². The highest BCUT2D eigenvalue weighted by atomic mass is 32.2. The topological polar surface area (TPSA) is 171 Å². The Morgan fingerprint density at radius 3 is 2.16 bits per heavy atom. The van der Waals surface area contributed by atoms with Gasteiger partial charge in [0.05, 0.1) is 36.4 Å². The molecule has 1 aliphatic rings. The van der Waals surface area contributed by atoms with Gasteiger partial charge < -0.3 is 26.1 Å². The average molecular weight is 558 g/mol. The summed E-state index contributed by atoms with van der Waals surface area (Å²) in [4.78, 5) is 78.6. The highest BCUT2D eigenvalue weighted by Crippen LogP contribution is 2.22. The molecule has 2 radical (unpaired) electrons. The fourth-order valence-electron chi connectivity index (χ4n) is 2.86. The molecule has 0 aliphatic carbocycles. The molecule has 1 fully saturated rings. The van der Waals surface area contributed by atoms with Crippen molar-refractivity contribution in [2.24, 2.45) is 0 Å². The summed E-state index contributed by atoms with van der Waals surface area (Å²) < 4.78 is 0. The molecule has 37 heavy (non-hydrogen) atoms. The third-order valence-electron chi connectivity index (χ3n) is 4.76. The van der Waals surface area contributed by atoms with Gasteiger partial charge in [0, 0.05) is 13.0 Å². The smallest absolute Gasteiger partial charge is 0.242 e. The fourth-order valence-corrected chi connectivity index (χ4v) is 4.31. The summed E-state index contributed by atoms with van der Waals surface area (Å²) in [5, 5.41) is 9.33. The van der Waals surface area contributed by atoms with Crippen LogP contribution in [0.4, 0.5) is 0 Å². The second-order valence-corrected chi connectivity index (χ2v) is 9.94. The van der Waals surface area contributed by atoms with E-state index in [9.17, 15) is 33.6 Å². The van der Waals surface area contributed by atoms with Crippen LogP contribution in [-0.4, -0.2) is 104 Å². The van der Waals surface area contributed by atoms with Crippen molar-refractivity contribution in [3.63, 3.8) is 0 Å². The number of unbranched alkanes of at least 4 members (excludes halogenated alkanes) is 2. The molecule has 4 N–H and O–H groups in total. The molecule has 1 saturated heterocycles. The molecular weight excluding hydrogens is 521 g/mol. The van der Waals surface area contributed by atoms with Crippen molar-refractivity contribution in [3.8, 4) is 0 Å². The first kappa shape index (κ1) is 34.5. The summed E-state index contributed by atoms with van der Waals surface area (Å²) >= 11 is 3.00. The van der Waals surface area contributed by atoms with E-state index in [1.807, 2.05) is 13.2 Å². The molecule has 0 bridgehead atoms. The van der Waals surface area contributed by atoms with Gasteiger partial charge in [-0.25, -0.2) is 0 Å². The molecule has 1 atom stereocenters. The monoisotopic (exact) mass is 557 g/mol. The van der Waals surface area contributed by atoms with Crippen LogP contribution in [0.15, 0.2) is 0 Å². The van der Waals surface area contributed by atoms with Gasteiger partial charge in [0.25, 0.3) is 0 Å². The minimum absolute atomic E-state index is 0.00523. The first-order chi connectivity index (χ1) is 17.7. The molecule has 12 nitrogen and oxygen atoms in total. The normalized spacial score (nSPS) is 14.3. The van der Waals surface area contributed by atoms with Gasteiger partial charge in [-0.1, -0.05) is 13.3 Å². The Morgan fingerprint density at radius 2 is 1.62 bits per heavy atom. The Labute approximate surface area is 227 Å². The molecule has 1 heterocycles. The maximum absolute atomic E-state index is 11.5. The molecule has 0 spiro atoms. The van der Waals surface area contributed by atoms with Crippen molar-refractivity contribution < 1.29 is 33.6 Å². The predicted octanol–water partition coefficient (Wildman–Crippen LogP) is -1.09. The molecule has 1 rings (SSSR count). The fraction of sp³-hybridized carbons (Fsp3) is 0.682. The van der Waals surface area contributed by atoms with Crippen LogP contribution in [0.3, 0.4) is 0 Å². The zero-order valence-electron chi connectivity index (χ0n) is 21.3. The van der Waals surface area contributed by atoms with Gasteiger partial charge in [-0.15, -0.1) is 11.8 Å². The van der Waals surface area contributed by atoms with Crippen molar-refractivity contribution in [1.29, 1.82) is 0 Å². The van der Waals surface area contributed by atoms with Crippen molar-refractivity contribution in [3.05, 3.63) is 0 Å². The average Bonchev–Trinajstić information content (AvgIpc) is 3.14. The third-order valence-corrected chi connectivity index (χ3v) is 6.62. The van der Waals surface area contributed by atoms with Crippen LogP contribution in [-0.2, 0) is 33.6 Å². The lowest BCUT2D eigenvalue weighted by molar-refractivity contribution is -0.138. The number of hydrogen-bond donors (Lipinski definition) is 4. The lowest BCUT2D eigenvalue weighted by atomic mass is 9.97. The van der Waals surface area contributed by atoms with E-state index >= 15 is 0 Å². The number of amides is 6. The number of thioether (sulfide) groups is 2. The number of nitrogens with zero attached hydrogens (tertiary/aromatic N) is 1. The molecule has 0 aromatic heterocycles. The second kappa shape index (κ2) is 21.5. The van der Waals surface area contributed by atoms with Crippen LogP contribution in [0.5, 0.6) is 0 Å². The van der Waals surface area contributed by atoms with E-state index in [4.69, 9.17) is 7.85 Å². The Balaban J connectivity index is 0.000000893. The van der Waals surface area contributed by atoms with E-state index < -0.39 is 11.8 Å². The van der Waals surface area contributed by atoms with E-state index in [2.05, 4.69) is 21.3 Å². The minimum atomic E-state index is -0.503. The van der Waals surface area contributed by atoms with E-state index in [1.165, 1.54) is 16.7 Å². The van der Waals surface area contributed by atoms with Crippen molar-refractivity contribution in [2.45, 2.75) is 50.7 Å². The molecule has 0 aromatic rings. The first-order valence-electron chi connectivity index (χ1n) is 11.9. The maximum atomic E-state index is 11.5. The van der Waals surface area contributed by atoms with Crippen LogP contribution in [0.2, 0.25) is 0 Å². The molecule has 0 aromatic carbocycles. The summed E-state index contributed by atoms with van der Waals surface area (Å²) in [5.74, 6) is -0.0695. The lowest BCUT2D eigenvalue weighted by Crippen LogP contribution is -2.43. The molecule has 1 aliphatic heterocycles. The summed E-state index contributed by atoms with van der Waals surface area (Å²) in [5.41, 5.74) is -0.292. The minimum Gasteiger partial charge on any atom is -0.350 e. The van der Waals surface area contributed by atoms with E-state index in [-0.39, 0.29) is 48.3 Å². The number of likely N-dealkylation sites (tertiary alicyclic amines) is 1. The maximum Gasteiger partial charge on any atom is 0.242 e. The summed E-state index contributed by atoms with van der Waals surface area (Å²) in [7, 11) is 5.03. The quantitative estimate of drug-likeness (QED) is 0.0538. The van der Waals surface area contributed by atoms with Crippen molar-refractivity contribution in [1.82, 2.24) is 26.2 Å². The number of rotatable bonds is 18. The molecule has 0 saturated carbocycles. The molecule has 206 valence electrons. The summed E-state index contributed by atoms with van der Waals surface area (Å²) in [6.45, 7) is 1.88. The zero-order chi connectivity index (χ0) is 28.1. The van der Waals surface area contributed by atoms with Gasteiger partial charge in [0.15, 0.2) is 7.85 Å². The number of carbonyl (C=O) groups excluding carboxylic acids is 7. The molecule has 1 unspecified atom stereocenters. The molecule has 15 heteroatoms. The Kier molecular flexibility index (Phi) is 20.1. The van der Waals surface area contributed by atoms with E-state index in [0.29, 0.717) is 31.7 Å². The van der Waals surface area contributed by atoms with E-state index in [1.54, 1.807) is 11.8 Å². The summed E-state index contributed by atoms with van der Waals surface area (Å²) in [6.07, 6.45) is 6.50. The van der Waals surface area contributed by atoms with Crippen LogP contribution in [0, 0.1) is 0 Å². The standard InChI is InChI=1S/C14H23BN4O5S.C8H13NO2S/c15-11(21)4-2-1-3-5-25-10-19-14(24)8-18-13(23)7-17-12(22)6-16-9-20;1-3-4-9-7(10)5-6(12-2)8(9)11/h9H,1-8,10H2,(H,16,20)(H,17,22)(H,18,23)(H,19,24);6H,3-5H2,1-2H3. The van der Waals surface area contributed by atoms with E-state index in [0.717, 1.165) is 31.4 Å². The van der Waals surface area contributed by atoms with Crippen LogP contribution >= 0.6 is 23.5 Å². The van der Waals surface area contributed by atoms with Gasteiger partial charge in [-0.3, -0.25) is 33.7 Å². The lowest BCUT2D eigenvalue weighted by Gasteiger charge is -2.12. The number of nitrogens with one attached hydrogen (secondary N) is 4. The zero-order valence-corrected chi connectivity index (χ0v) is 23.0. The van der Waals surface area contributed by atoms with Gasteiger partial charge in [-0.2, -0.15) is 11.8 Å². The number of carbonyl (C=O) groups is 7. The SMILES string of the molecule is CCCN1C(=O)CC(SC)C1=O.[B]C(=O)CCCCCSCNC(=O)CNC(=O)CNC(=O)CNC=O. The van der Waals surface area contributed by atoms with Gasteiger partial charge in [0.2, 0.25) is 35.9 Å². The first-order valence-corrected chi connectivity index (χ1v) is 14.3. The largest absolute Gasteiger partial charge is 0.350 e. The number of hydrogen-bond acceptors (Lipinski definition) is 9. The van der Waals surface area contributed by atoms with Crippen molar-refractivity contribution >= 4 is 73.0 Å².